The number of esters is 2. The smallest absolute Gasteiger partial charge is 0.329 e. The molecule has 0 saturated carbocycles. The van der Waals surface area contributed by atoms with Gasteiger partial charge in [-0.15, -0.1) is 0 Å². The maximum atomic E-state index is 11.9. The lowest BCUT2D eigenvalue weighted by Crippen LogP contribution is -2.41. The predicted molar refractivity (Wildman–Crippen MR) is 73.9 cm³/mol. The Balaban J connectivity index is 4.45. The van der Waals surface area contributed by atoms with Crippen LogP contribution in [0.1, 0.15) is 54.4 Å². The number of hydrogen-bond acceptors (Lipinski definition) is 5. The van der Waals surface area contributed by atoms with E-state index in [-0.39, 0.29) is 12.8 Å². The molecule has 0 fully saturated rings. The minimum Gasteiger partial charge on any atom is -0.460 e. The topological polar surface area (TPSA) is 81.7 Å². The van der Waals surface area contributed by atoms with E-state index >= 15 is 0 Å². The molecule has 0 radical (unpaired) electrons. The first-order chi connectivity index (χ1) is 8.94. The summed E-state index contributed by atoms with van der Waals surface area (Å²) in [5.74, 6) is -0.980. The zero-order chi connectivity index (χ0) is 16.0. The average Bonchev–Trinajstić information content (AvgIpc) is 2.18. The van der Waals surface area contributed by atoms with Gasteiger partial charge in [0.1, 0.15) is 17.2 Å². The standard InChI is InChI=1S/C14H25NO5/c1-13(2,3)19-11(17)8-7-10(15-9-16)12(18)20-14(4,5)6/h9-10H,7-8H2,1-6H3,(H,15,16). The monoisotopic (exact) mass is 287 g/mol. The number of carbonyl (C=O) groups excluding carboxylic acids is 3. The van der Waals surface area contributed by atoms with Crippen molar-refractivity contribution in [3.05, 3.63) is 0 Å². The fraction of sp³-hybridized carbons (Fsp3) is 0.786. The van der Waals surface area contributed by atoms with Crippen LogP contribution < -0.4 is 5.32 Å². The number of ether oxygens (including phenoxy) is 2. The van der Waals surface area contributed by atoms with Gasteiger partial charge in [-0.1, -0.05) is 0 Å². The van der Waals surface area contributed by atoms with E-state index in [1.165, 1.54) is 0 Å². The second-order valence-corrected chi connectivity index (χ2v) is 6.50. The lowest BCUT2D eigenvalue weighted by molar-refractivity contribution is -0.159. The highest BCUT2D eigenvalue weighted by molar-refractivity contribution is 5.79. The maximum absolute atomic E-state index is 11.9. The molecule has 1 atom stereocenters. The quantitative estimate of drug-likeness (QED) is 0.592. The van der Waals surface area contributed by atoms with Crippen LogP contribution in [-0.2, 0) is 23.9 Å². The van der Waals surface area contributed by atoms with Crippen LogP contribution >= 0.6 is 0 Å². The number of carbonyl (C=O) groups is 3. The van der Waals surface area contributed by atoms with Gasteiger partial charge in [0, 0.05) is 6.42 Å². The van der Waals surface area contributed by atoms with Crippen molar-refractivity contribution in [2.75, 3.05) is 0 Å². The number of amides is 1. The van der Waals surface area contributed by atoms with Crippen molar-refractivity contribution in [2.24, 2.45) is 0 Å². The molecule has 0 bridgehead atoms. The van der Waals surface area contributed by atoms with E-state index in [1.54, 1.807) is 41.5 Å². The lowest BCUT2D eigenvalue weighted by Gasteiger charge is -2.24. The van der Waals surface area contributed by atoms with Crippen LogP contribution in [0.5, 0.6) is 0 Å². The molecule has 0 aromatic heterocycles. The van der Waals surface area contributed by atoms with Gasteiger partial charge in [-0.3, -0.25) is 9.59 Å². The summed E-state index contributed by atoms with van der Waals surface area (Å²) in [6.07, 6.45) is 0.592. The summed E-state index contributed by atoms with van der Waals surface area (Å²) >= 11 is 0. The Kier molecular flexibility index (Phi) is 6.68. The third-order valence-electron chi connectivity index (χ3n) is 2.02. The molecule has 0 aliphatic rings. The van der Waals surface area contributed by atoms with Crippen molar-refractivity contribution in [1.82, 2.24) is 5.32 Å². The SMILES string of the molecule is CC(C)(C)OC(=O)CCC(NC=O)C(=O)OC(C)(C)C. The van der Waals surface area contributed by atoms with Crippen molar-refractivity contribution in [1.29, 1.82) is 0 Å². The fourth-order valence-corrected chi connectivity index (χ4v) is 1.38. The second kappa shape index (κ2) is 7.26. The van der Waals surface area contributed by atoms with Crippen LogP contribution in [-0.4, -0.2) is 35.6 Å². The van der Waals surface area contributed by atoms with E-state index < -0.39 is 29.2 Å². The molecule has 6 heteroatoms. The summed E-state index contributed by atoms with van der Waals surface area (Å²) < 4.78 is 10.3. The van der Waals surface area contributed by atoms with E-state index in [4.69, 9.17) is 9.47 Å². The van der Waals surface area contributed by atoms with E-state index in [0.717, 1.165) is 0 Å². The number of hydrogen-bond donors (Lipinski definition) is 1. The van der Waals surface area contributed by atoms with Crippen LogP contribution in [0, 0.1) is 0 Å². The first-order valence-electron chi connectivity index (χ1n) is 6.59. The first kappa shape index (κ1) is 18.4. The first-order valence-corrected chi connectivity index (χ1v) is 6.59. The van der Waals surface area contributed by atoms with Gasteiger partial charge in [-0.25, -0.2) is 4.79 Å². The molecule has 0 saturated heterocycles. The Morgan fingerprint density at radius 3 is 1.95 bits per heavy atom. The van der Waals surface area contributed by atoms with Gasteiger partial charge in [0.25, 0.3) is 0 Å². The Morgan fingerprint density at radius 2 is 1.55 bits per heavy atom. The van der Waals surface area contributed by atoms with Crippen LogP contribution in [0.25, 0.3) is 0 Å². The molecular formula is C14H25NO5. The zero-order valence-corrected chi connectivity index (χ0v) is 13.1. The molecule has 116 valence electrons. The third-order valence-corrected chi connectivity index (χ3v) is 2.02. The minimum atomic E-state index is -0.848. The van der Waals surface area contributed by atoms with E-state index in [1.807, 2.05) is 0 Å². The summed E-state index contributed by atoms with van der Waals surface area (Å²) in [5, 5.41) is 2.36. The molecule has 0 aromatic rings. The van der Waals surface area contributed by atoms with Crippen LogP contribution in [0.15, 0.2) is 0 Å². The summed E-state index contributed by atoms with van der Waals surface area (Å²) in [7, 11) is 0. The highest BCUT2D eigenvalue weighted by atomic mass is 16.6. The van der Waals surface area contributed by atoms with E-state index in [9.17, 15) is 14.4 Å². The van der Waals surface area contributed by atoms with Crippen molar-refractivity contribution in [3.63, 3.8) is 0 Å². The highest BCUT2D eigenvalue weighted by Crippen LogP contribution is 2.13. The number of rotatable bonds is 6. The van der Waals surface area contributed by atoms with Gasteiger partial charge in [0.05, 0.1) is 0 Å². The minimum absolute atomic E-state index is 0.0298. The fourth-order valence-electron chi connectivity index (χ4n) is 1.38. The molecule has 1 unspecified atom stereocenters. The van der Waals surface area contributed by atoms with Crippen molar-refractivity contribution >= 4 is 18.3 Å². The Bertz CT molecular complexity index is 352. The van der Waals surface area contributed by atoms with Gasteiger partial charge in [0.2, 0.25) is 6.41 Å². The molecular weight excluding hydrogens is 262 g/mol. The van der Waals surface area contributed by atoms with Gasteiger partial charge in [0.15, 0.2) is 0 Å². The van der Waals surface area contributed by atoms with Crippen molar-refractivity contribution in [2.45, 2.75) is 71.6 Å². The molecule has 6 nitrogen and oxygen atoms in total. The average molecular weight is 287 g/mol. The van der Waals surface area contributed by atoms with E-state index in [0.29, 0.717) is 6.41 Å². The Morgan fingerprint density at radius 1 is 1.05 bits per heavy atom. The van der Waals surface area contributed by atoms with E-state index in [2.05, 4.69) is 5.32 Å². The molecule has 0 aliphatic carbocycles. The summed E-state index contributed by atoms with van der Waals surface area (Å²) in [6.45, 7) is 10.5. The molecule has 1 amide bonds. The number of nitrogens with one attached hydrogen (secondary N) is 1. The molecule has 1 N–H and O–H groups in total. The molecule has 0 rings (SSSR count). The summed E-state index contributed by atoms with van der Waals surface area (Å²) in [4.78, 5) is 34.0. The van der Waals surface area contributed by atoms with Crippen LogP contribution in [0.4, 0.5) is 0 Å². The molecule has 0 spiro atoms. The second-order valence-electron chi connectivity index (χ2n) is 6.50. The van der Waals surface area contributed by atoms with Gasteiger partial charge < -0.3 is 14.8 Å². The van der Waals surface area contributed by atoms with Gasteiger partial charge >= 0.3 is 11.9 Å². The lowest BCUT2D eigenvalue weighted by atomic mass is 10.1. The maximum Gasteiger partial charge on any atom is 0.329 e. The molecule has 20 heavy (non-hydrogen) atoms. The summed E-state index contributed by atoms with van der Waals surface area (Å²) in [5.41, 5.74) is -1.22. The van der Waals surface area contributed by atoms with Crippen LogP contribution in [0.3, 0.4) is 0 Å². The Labute approximate surface area is 120 Å². The molecule has 0 heterocycles. The van der Waals surface area contributed by atoms with Crippen molar-refractivity contribution in [3.8, 4) is 0 Å². The van der Waals surface area contributed by atoms with Gasteiger partial charge in [-0.2, -0.15) is 0 Å². The normalized spacial score (nSPS) is 13.3. The van der Waals surface area contributed by atoms with Gasteiger partial charge in [-0.05, 0) is 48.0 Å². The highest BCUT2D eigenvalue weighted by Gasteiger charge is 2.26. The van der Waals surface area contributed by atoms with Crippen LogP contribution in [0.2, 0.25) is 0 Å². The van der Waals surface area contributed by atoms with Crippen molar-refractivity contribution < 1.29 is 23.9 Å². The largest absolute Gasteiger partial charge is 0.460 e. The molecule has 0 aliphatic heterocycles. The predicted octanol–water partition coefficient (Wildman–Crippen LogP) is 1.56. The molecule has 0 aromatic carbocycles. The Hall–Kier alpha value is -1.59. The zero-order valence-electron chi connectivity index (χ0n) is 13.1. The third kappa shape index (κ3) is 9.35. The summed E-state index contributed by atoms with van der Waals surface area (Å²) in [6, 6.07) is -0.848.